The maximum Gasteiger partial charge on any atom is 0.335 e. The molecule has 3 heteroatoms. The first-order valence-electron chi connectivity index (χ1n) is 3.86. The Hall–Kier alpha value is -0.570. The van der Waals surface area contributed by atoms with E-state index in [-0.39, 0.29) is 5.60 Å². The van der Waals surface area contributed by atoms with Crippen LogP contribution in [0.2, 0.25) is 0 Å². The van der Waals surface area contributed by atoms with Crippen LogP contribution >= 0.6 is 0 Å². The molecule has 3 atom stereocenters. The molecule has 1 rings (SSSR count). The molecule has 0 aromatic carbocycles. The molecule has 1 N–H and O–H groups in total. The molecule has 0 aliphatic heterocycles. The molecule has 1 saturated carbocycles. The van der Waals surface area contributed by atoms with Crippen molar-refractivity contribution in [2.75, 3.05) is 0 Å². The highest BCUT2D eigenvalue weighted by Crippen LogP contribution is 2.46. The SMILES string of the molecule is CC(O)C(=O)OC1(C)CC1C. The molecule has 0 radical (unpaired) electrons. The topological polar surface area (TPSA) is 46.5 Å². The fraction of sp³-hybridized carbons (Fsp3) is 0.875. The number of hydrogen-bond donors (Lipinski definition) is 1. The second kappa shape index (κ2) is 2.48. The van der Waals surface area contributed by atoms with E-state index in [2.05, 4.69) is 0 Å². The number of rotatable bonds is 2. The van der Waals surface area contributed by atoms with Crippen molar-refractivity contribution in [1.29, 1.82) is 0 Å². The van der Waals surface area contributed by atoms with Gasteiger partial charge in [-0.15, -0.1) is 0 Å². The second-order valence-corrected chi connectivity index (χ2v) is 3.51. The average Bonchev–Trinajstić information content (AvgIpc) is 2.39. The number of aliphatic hydroxyl groups excluding tert-OH is 1. The first kappa shape index (κ1) is 8.53. The first-order valence-corrected chi connectivity index (χ1v) is 3.86. The molecule has 64 valence electrons. The summed E-state index contributed by atoms with van der Waals surface area (Å²) in [5, 5.41) is 8.82. The van der Waals surface area contributed by atoms with E-state index in [9.17, 15) is 4.79 Å². The highest BCUT2D eigenvalue weighted by Gasteiger charge is 2.50. The van der Waals surface area contributed by atoms with Crippen LogP contribution in [0, 0.1) is 5.92 Å². The summed E-state index contributed by atoms with van der Waals surface area (Å²) in [5.41, 5.74) is -0.298. The third-order valence-corrected chi connectivity index (χ3v) is 2.27. The molecule has 0 aromatic heterocycles. The third kappa shape index (κ3) is 1.71. The lowest BCUT2D eigenvalue weighted by atomic mass is 10.3. The standard InChI is InChI=1S/C8H14O3/c1-5-4-8(5,3)11-7(10)6(2)9/h5-6,9H,4H2,1-3H3. The van der Waals surface area contributed by atoms with Crippen LogP contribution in [0.4, 0.5) is 0 Å². The van der Waals surface area contributed by atoms with Gasteiger partial charge in [0.25, 0.3) is 0 Å². The van der Waals surface area contributed by atoms with Crippen molar-refractivity contribution in [3.8, 4) is 0 Å². The minimum absolute atomic E-state index is 0.298. The van der Waals surface area contributed by atoms with E-state index in [1.165, 1.54) is 6.92 Å². The summed E-state index contributed by atoms with van der Waals surface area (Å²) in [6.07, 6.45) is -0.0922. The summed E-state index contributed by atoms with van der Waals surface area (Å²) in [6, 6.07) is 0. The zero-order chi connectivity index (χ0) is 8.65. The number of carbonyl (C=O) groups is 1. The molecule has 0 aromatic rings. The first-order chi connectivity index (χ1) is 4.96. The predicted molar refractivity (Wildman–Crippen MR) is 40.0 cm³/mol. The number of aliphatic hydroxyl groups is 1. The third-order valence-electron chi connectivity index (χ3n) is 2.27. The minimum Gasteiger partial charge on any atom is -0.457 e. The number of carbonyl (C=O) groups excluding carboxylic acids is 1. The van der Waals surface area contributed by atoms with Gasteiger partial charge in [0.05, 0.1) is 0 Å². The molecular formula is C8H14O3. The highest BCUT2D eigenvalue weighted by molar-refractivity contribution is 5.74. The van der Waals surface area contributed by atoms with Gasteiger partial charge in [0, 0.05) is 0 Å². The van der Waals surface area contributed by atoms with Crippen LogP contribution in [-0.2, 0) is 9.53 Å². The summed E-state index contributed by atoms with van der Waals surface area (Å²) >= 11 is 0. The van der Waals surface area contributed by atoms with Gasteiger partial charge in [-0.2, -0.15) is 0 Å². The van der Waals surface area contributed by atoms with Crippen LogP contribution in [0.1, 0.15) is 27.2 Å². The summed E-state index contributed by atoms with van der Waals surface area (Å²) in [5.74, 6) is -0.0814. The Morgan fingerprint density at radius 1 is 1.82 bits per heavy atom. The molecule has 0 saturated heterocycles. The summed E-state index contributed by atoms with van der Waals surface area (Å²) < 4.78 is 5.03. The van der Waals surface area contributed by atoms with Crippen molar-refractivity contribution in [2.24, 2.45) is 5.92 Å². The number of hydrogen-bond acceptors (Lipinski definition) is 3. The van der Waals surface area contributed by atoms with Crippen LogP contribution in [0.15, 0.2) is 0 Å². The minimum atomic E-state index is -1.00. The van der Waals surface area contributed by atoms with Crippen molar-refractivity contribution in [3.63, 3.8) is 0 Å². The van der Waals surface area contributed by atoms with Gasteiger partial charge in [0.2, 0.25) is 0 Å². The molecule has 3 unspecified atom stereocenters. The van der Waals surface area contributed by atoms with Crippen molar-refractivity contribution >= 4 is 5.97 Å². The lowest BCUT2D eigenvalue weighted by Gasteiger charge is -2.13. The summed E-state index contributed by atoms with van der Waals surface area (Å²) in [6.45, 7) is 5.33. The molecule has 1 aliphatic rings. The molecule has 0 heterocycles. The van der Waals surface area contributed by atoms with Gasteiger partial charge >= 0.3 is 5.97 Å². The molecule has 0 bridgehead atoms. The summed E-state index contributed by atoms with van der Waals surface area (Å²) in [7, 11) is 0. The lowest BCUT2D eigenvalue weighted by molar-refractivity contribution is -0.160. The van der Waals surface area contributed by atoms with Gasteiger partial charge in [-0.05, 0) is 26.2 Å². The van der Waals surface area contributed by atoms with Gasteiger partial charge in [0.15, 0.2) is 0 Å². The van der Waals surface area contributed by atoms with Crippen LogP contribution < -0.4 is 0 Å². The zero-order valence-corrected chi connectivity index (χ0v) is 7.13. The highest BCUT2D eigenvalue weighted by atomic mass is 16.6. The maximum atomic E-state index is 10.9. The molecule has 0 spiro atoms. The van der Waals surface area contributed by atoms with Gasteiger partial charge in [0.1, 0.15) is 11.7 Å². The predicted octanol–water partition coefficient (Wildman–Crippen LogP) is 0.709. The van der Waals surface area contributed by atoms with Crippen LogP contribution in [0.3, 0.4) is 0 Å². The number of esters is 1. The Labute approximate surface area is 66.4 Å². The molecule has 0 amide bonds. The maximum absolute atomic E-state index is 10.9. The Balaban J connectivity index is 2.38. The van der Waals surface area contributed by atoms with E-state index < -0.39 is 12.1 Å². The Morgan fingerprint density at radius 3 is 2.55 bits per heavy atom. The second-order valence-electron chi connectivity index (χ2n) is 3.51. The fourth-order valence-corrected chi connectivity index (χ4v) is 1.01. The van der Waals surface area contributed by atoms with E-state index in [1.807, 2.05) is 13.8 Å². The molecular weight excluding hydrogens is 144 g/mol. The summed E-state index contributed by atoms with van der Waals surface area (Å²) in [4.78, 5) is 10.9. The van der Waals surface area contributed by atoms with Gasteiger partial charge in [-0.3, -0.25) is 0 Å². The average molecular weight is 158 g/mol. The van der Waals surface area contributed by atoms with E-state index in [0.29, 0.717) is 5.92 Å². The molecule has 1 aliphatic carbocycles. The zero-order valence-electron chi connectivity index (χ0n) is 7.13. The van der Waals surface area contributed by atoms with Crippen molar-refractivity contribution < 1.29 is 14.6 Å². The number of ether oxygens (including phenoxy) is 1. The Morgan fingerprint density at radius 2 is 2.27 bits per heavy atom. The molecule has 3 nitrogen and oxygen atoms in total. The normalized spacial score (nSPS) is 38.0. The van der Waals surface area contributed by atoms with E-state index >= 15 is 0 Å². The fourth-order valence-electron chi connectivity index (χ4n) is 1.01. The van der Waals surface area contributed by atoms with E-state index in [1.54, 1.807) is 0 Å². The van der Waals surface area contributed by atoms with Crippen LogP contribution in [0.5, 0.6) is 0 Å². The Bertz CT molecular complexity index is 176. The van der Waals surface area contributed by atoms with Gasteiger partial charge in [-0.1, -0.05) is 6.92 Å². The van der Waals surface area contributed by atoms with Crippen molar-refractivity contribution in [1.82, 2.24) is 0 Å². The Kier molecular flexibility index (Phi) is 1.92. The van der Waals surface area contributed by atoms with E-state index in [0.717, 1.165) is 6.42 Å². The van der Waals surface area contributed by atoms with Crippen molar-refractivity contribution in [3.05, 3.63) is 0 Å². The van der Waals surface area contributed by atoms with Crippen LogP contribution in [0.25, 0.3) is 0 Å². The van der Waals surface area contributed by atoms with Gasteiger partial charge < -0.3 is 9.84 Å². The van der Waals surface area contributed by atoms with Gasteiger partial charge in [-0.25, -0.2) is 4.79 Å². The monoisotopic (exact) mass is 158 g/mol. The largest absolute Gasteiger partial charge is 0.457 e. The molecule has 1 fully saturated rings. The quantitative estimate of drug-likeness (QED) is 0.602. The van der Waals surface area contributed by atoms with E-state index in [4.69, 9.17) is 9.84 Å². The van der Waals surface area contributed by atoms with Crippen LogP contribution in [-0.4, -0.2) is 22.8 Å². The molecule has 11 heavy (non-hydrogen) atoms. The smallest absolute Gasteiger partial charge is 0.335 e. The van der Waals surface area contributed by atoms with Crippen molar-refractivity contribution in [2.45, 2.75) is 38.9 Å². The lowest BCUT2D eigenvalue weighted by Crippen LogP contribution is -2.26.